The molecule has 3 heteroatoms. The van der Waals surface area contributed by atoms with Crippen LogP contribution in [0.1, 0.15) is 5.56 Å². The predicted molar refractivity (Wildman–Crippen MR) is 60.3 cm³/mol. The summed E-state index contributed by atoms with van der Waals surface area (Å²) in [7, 11) is 0. The smallest absolute Gasteiger partial charge is 0.0589 e. The lowest BCUT2D eigenvalue weighted by Crippen LogP contribution is -2.62. The predicted octanol–water partition coefficient (Wildman–Crippen LogP) is 1.83. The van der Waals surface area contributed by atoms with Crippen molar-refractivity contribution in [2.45, 2.75) is 5.41 Å². The van der Waals surface area contributed by atoms with E-state index in [1.807, 2.05) is 12.1 Å². The Labute approximate surface area is 94.6 Å². The zero-order valence-electron chi connectivity index (χ0n) is 8.50. The van der Waals surface area contributed by atoms with Crippen LogP contribution in [-0.4, -0.2) is 26.3 Å². The molecule has 2 saturated heterocycles. The molecule has 1 N–H and O–H groups in total. The number of rotatable bonds is 2. The first-order valence-electron chi connectivity index (χ1n) is 5.36. The molecule has 1 aromatic carbocycles. The summed E-state index contributed by atoms with van der Waals surface area (Å²) in [5.74, 6) is 0.729. The molecule has 3 rings (SSSR count). The number of halogens is 1. The Morgan fingerprint density at radius 1 is 1.20 bits per heavy atom. The van der Waals surface area contributed by atoms with E-state index in [2.05, 4.69) is 17.4 Å². The van der Waals surface area contributed by atoms with Gasteiger partial charge in [0.15, 0.2) is 0 Å². The molecule has 0 saturated carbocycles. The molecule has 2 aliphatic heterocycles. The fourth-order valence-electron chi connectivity index (χ4n) is 2.42. The molecular weight excluding hydrogens is 210 g/mol. The standard InChI is InChI=1S/C12H14ClNO/c13-11-3-1-9(2-4-11)12(7-15-8-12)10-5-14-6-10/h1-4,10,14H,5-8H2. The van der Waals surface area contributed by atoms with Crippen molar-refractivity contribution in [3.63, 3.8) is 0 Å². The average Bonchev–Trinajstić information content (AvgIpc) is 2.10. The molecule has 0 aromatic heterocycles. The summed E-state index contributed by atoms with van der Waals surface area (Å²) in [6.07, 6.45) is 0. The van der Waals surface area contributed by atoms with Crippen molar-refractivity contribution in [1.29, 1.82) is 0 Å². The van der Waals surface area contributed by atoms with Gasteiger partial charge in [-0.15, -0.1) is 0 Å². The van der Waals surface area contributed by atoms with E-state index < -0.39 is 0 Å². The van der Waals surface area contributed by atoms with Gasteiger partial charge in [-0.25, -0.2) is 0 Å². The van der Waals surface area contributed by atoms with E-state index in [4.69, 9.17) is 16.3 Å². The maximum Gasteiger partial charge on any atom is 0.0589 e. The fourth-order valence-corrected chi connectivity index (χ4v) is 2.55. The second-order valence-corrected chi connectivity index (χ2v) is 4.95. The summed E-state index contributed by atoms with van der Waals surface area (Å²) in [4.78, 5) is 0. The number of benzene rings is 1. The van der Waals surface area contributed by atoms with E-state index in [0.717, 1.165) is 37.2 Å². The molecule has 0 atom stereocenters. The van der Waals surface area contributed by atoms with Crippen LogP contribution in [0.3, 0.4) is 0 Å². The van der Waals surface area contributed by atoms with E-state index in [-0.39, 0.29) is 5.41 Å². The van der Waals surface area contributed by atoms with E-state index >= 15 is 0 Å². The van der Waals surface area contributed by atoms with Crippen LogP contribution in [0.4, 0.5) is 0 Å². The Bertz CT molecular complexity index is 354. The molecule has 0 spiro atoms. The van der Waals surface area contributed by atoms with Crippen LogP contribution in [0.2, 0.25) is 5.02 Å². The molecule has 2 heterocycles. The quantitative estimate of drug-likeness (QED) is 0.826. The van der Waals surface area contributed by atoms with Gasteiger partial charge >= 0.3 is 0 Å². The fraction of sp³-hybridized carbons (Fsp3) is 0.500. The first-order chi connectivity index (χ1) is 7.31. The normalized spacial score (nSPS) is 24.3. The van der Waals surface area contributed by atoms with Gasteiger partial charge < -0.3 is 10.1 Å². The lowest BCUT2D eigenvalue weighted by Gasteiger charge is -2.51. The molecule has 0 aliphatic carbocycles. The third kappa shape index (κ3) is 1.40. The zero-order valence-corrected chi connectivity index (χ0v) is 9.26. The van der Waals surface area contributed by atoms with Crippen LogP contribution >= 0.6 is 11.6 Å². The number of nitrogens with one attached hydrogen (secondary N) is 1. The van der Waals surface area contributed by atoms with E-state index in [0.29, 0.717) is 0 Å². The highest BCUT2D eigenvalue weighted by molar-refractivity contribution is 6.30. The van der Waals surface area contributed by atoms with Gasteiger partial charge in [0.1, 0.15) is 0 Å². The van der Waals surface area contributed by atoms with Gasteiger partial charge in [0.2, 0.25) is 0 Å². The van der Waals surface area contributed by atoms with Crippen LogP contribution in [-0.2, 0) is 10.2 Å². The Hall–Kier alpha value is -0.570. The van der Waals surface area contributed by atoms with Crippen molar-refractivity contribution < 1.29 is 4.74 Å². The van der Waals surface area contributed by atoms with Gasteiger partial charge in [0.25, 0.3) is 0 Å². The molecule has 0 bridgehead atoms. The number of hydrogen-bond acceptors (Lipinski definition) is 2. The van der Waals surface area contributed by atoms with Crippen molar-refractivity contribution in [3.8, 4) is 0 Å². The minimum absolute atomic E-state index is 0.260. The second kappa shape index (κ2) is 3.48. The highest BCUT2D eigenvalue weighted by atomic mass is 35.5. The van der Waals surface area contributed by atoms with Crippen LogP contribution in [0.5, 0.6) is 0 Å². The first kappa shape index (κ1) is 9.64. The molecule has 2 nitrogen and oxygen atoms in total. The maximum absolute atomic E-state index is 5.91. The van der Waals surface area contributed by atoms with E-state index in [1.165, 1.54) is 5.56 Å². The van der Waals surface area contributed by atoms with Crippen LogP contribution in [0.15, 0.2) is 24.3 Å². The molecule has 0 amide bonds. The Kier molecular flexibility index (Phi) is 2.23. The molecule has 1 aromatic rings. The summed E-state index contributed by atoms with van der Waals surface area (Å²) < 4.78 is 5.42. The van der Waals surface area contributed by atoms with Crippen molar-refractivity contribution in [1.82, 2.24) is 5.32 Å². The van der Waals surface area contributed by atoms with Gasteiger partial charge in [-0.1, -0.05) is 23.7 Å². The minimum Gasteiger partial charge on any atom is -0.379 e. The Morgan fingerprint density at radius 3 is 2.27 bits per heavy atom. The monoisotopic (exact) mass is 223 g/mol. The third-order valence-corrected chi connectivity index (χ3v) is 3.95. The minimum atomic E-state index is 0.260. The summed E-state index contributed by atoms with van der Waals surface area (Å²) in [6.45, 7) is 3.96. The Balaban J connectivity index is 1.92. The van der Waals surface area contributed by atoms with Crippen LogP contribution in [0.25, 0.3) is 0 Å². The second-order valence-electron chi connectivity index (χ2n) is 4.51. The van der Waals surface area contributed by atoms with Gasteiger partial charge in [-0.2, -0.15) is 0 Å². The molecule has 15 heavy (non-hydrogen) atoms. The highest BCUT2D eigenvalue weighted by Gasteiger charge is 2.48. The molecular formula is C12H14ClNO. The van der Waals surface area contributed by atoms with Gasteiger partial charge in [0.05, 0.1) is 13.2 Å². The zero-order chi connectivity index (χ0) is 10.3. The van der Waals surface area contributed by atoms with Crippen molar-refractivity contribution in [2.24, 2.45) is 5.92 Å². The summed E-state index contributed by atoms with van der Waals surface area (Å²) in [5, 5.41) is 4.14. The summed E-state index contributed by atoms with van der Waals surface area (Å²) >= 11 is 5.91. The maximum atomic E-state index is 5.91. The number of ether oxygens (including phenoxy) is 1. The first-order valence-corrected chi connectivity index (χ1v) is 5.74. The SMILES string of the molecule is Clc1ccc(C2(C3CNC3)COC2)cc1. The van der Waals surface area contributed by atoms with Crippen molar-refractivity contribution >= 4 is 11.6 Å². The third-order valence-electron chi connectivity index (χ3n) is 3.70. The lowest BCUT2D eigenvalue weighted by molar-refractivity contribution is -0.101. The highest BCUT2D eigenvalue weighted by Crippen LogP contribution is 2.41. The molecule has 2 fully saturated rings. The van der Waals surface area contributed by atoms with Crippen molar-refractivity contribution in [2.75, 3.05) is 26.3 Å². The molecule has 2 aliphatic rings. The van der Waals surface area contributed by atoms with Crippen LogP contribution in [0, 0.1) is 5.92 Å². The largest absolute Gasteiger partial charge is 0.379 e. The molecule has 0 radical (unpaired) electrons. The van der Waals surface area contributed by atoms with Gasteiger partial charge in [-0.05, 0) is 23.6 Å². The van der Waals surface area contributed by atoms with Crippen molar-refractivity contribution in [3.05, 3.63) is 34.9 Å². The van der Waals surface area contributed by atoms with Gasteiger partial charge in [0, 0.05) is 23.5 Å². The summed E-state index contributed by atoms with van der Waals surface area (Å²) in [5.41, 5.74) is 1.64. The summed E-state index contributed by atoms with van der Waals surface area (Å²) in [6, 6.07) is 8.23. The average molecular weight is 224 g/mol. The topological polar surface area (TPSA) is 21.3 Å². The number of hydrogen-bond donors (Lipinski definition) is 1. The lowest BCUT2D eigenvalue weighted by atomic mass is 9.66. The van der Waals surface area contributed by atoms with Crippen LogP contribution < -0.4 is 5.32 Å². The Morgan fingerprint density at radius 2 is 1.87 bits per heavy atom. The van der Waals surface area contributed by atoms with E-state index in [1.54, 1.807) is 0 Å². The van der Waals surface area contributed by atoms with E-state index in [9.17, 15) is 0 Å². The molecule has 0 unspecified atom stereocenters. The molecule has 80 valence electrons. The van der Waals surface area contributed by atoms with Gasteiger partial charge in [-0.3, -0.25) is 0 Å².